The number of hydrogen-bond donors (Lipinski definition) is 1. The van der Waals surface area contributed by atoms with Crippen LogP contribution in [-0.2, 0) is 17.8 Å². The van der Waals surface area contributed by atoms with Gasteiger partial charge in [0.2, 0.25) is 5.91 Å². The highest BCUT2D eigenvalue weighted by molar-refractivity contribution is 8.00. The number of carbonyl (C=O) groups excluding carboxylic acids is 1. The third-order valence-corrected chi connectivity index (χ3v) is 6.56. The van der Waals surface area contributed by atoms with Crippen LogP contribution in [0.3, 0.4) is 0 Å². The summed E-state index contributed by atoms with van der Waals surface area (Å²) in [6.07, 6.45) is 4.36. The molecule has 33 heavy (non-hydrogen) atoms. The number of aromatic nitrogens is 4. The van der Waals surface area contributed by atoms with Gasteiger partial charge in [0.1, 0.15) is 0 Å². The molecule has 0 saturated heterocycles. The molecule has 168 valence electrons. The van der Waals surface area contributed by atoms with Crippen LogP contribution in [0.2, 0.25) is 0 Å². The van der Waals surface area contributed by atoms with E-state index in [-0.39, 0.29) is 11.2 Å². The minimum Gasteiger partial charge on any atom is -0.325 e. The first-order valence-electron chi connectivity index (χ1n) is 10.9. The van der Waals surface area contributed by atoms with E-state index in [1.807, 2.05) is 69.3 Å². The summed E-state index contributed by atoms with van der Waals surface area (Å²) in [6, 6.07) is 20.2. The molecule has 2 heterocycles. The molecule has 0 aliphatic heterocycles. The zero-order chi connectivity index (χ0) is 23.2. The molecule has 0 saturated carbocycles. The van der Waals surface area contributed by atoms with Crippen LogP contribution in [-0.4, -0.2) is 30.9 Å². The predicted octanol–water partition coefficient (Wildman–Crippen LogP) is 5.32. The summed E-state index contributed by atoms with van der Waals surface area (Å²) in [7, 11) is 0. The molecule has 4 rings (SSSR count). The molecule has 0 bridgehead atoms. The Hall–Kier alpha value is -3.45. The number of hydrogen-bond acceptors (Lipinski definition) is 5. The number of rotatable bonds is 8. The van der Waals surface area contributed by atoms with Crippen LogP contribution in [0.25, 0.3) is 11.4 Å². The van der Waals surface area contributed by atoms with Crippen LogP contribution < -0.4 is 5.32 Å². The quantitative estimate of drug-likeness (QED) is 0.363. The Labute approximate surface area is 198 Å². The van der Waals surface area contributed by atoms with Gasteiger partial charge in [-0.3, -0.25) is 9.78 Å². The Morgan fingerprint density at radius 3 is 2.45 bits per heavy atom. The van der Waals surface area contributed by atoms with Gasteiger partial charge in [-0.15, -0.1) is 10.2 Å². The number of carbonyl (C=O) groups is 1. The fourth-order valence-corrected chi connectivity index (χ4v) is 4.49. The first kappa shape index (κ1) is 22.7. The molecule has 1 atom stereocenters. The summed E-state index contributed by atoms with van der Waals surface area (Å²) < 4.78 is 2.08. The van der Waals surface area contributed by atoms with Gasteiger partial charge < -0.3 is 9.88 Å². The third kappa shape index (κ3) is 5.49. The fourth-order valence-electron chi connectivity index (χ4n) is 3.62. The number of para-hydroxylation sites is 1. The van der Waals surface area contributed by atoms with Crippen molar-refractivity contribution < 1.29 is 4.79 Å². The van der Waals surface area contributed by atoms with E-state index in [2.05, 4.69) is 37.2 Å². The molecular formula is C26H27N5OS. The summed E-state index contributed by atoms with van der Waals surface area (Å²) >= 11 is 1.42. The predicted molar refractivity (Wildman–Crippen MR) is 133 cm³/mol. The lowest BCUT2D eigenvalue weighted by atomic mass is 10.1. The monoisotopic (exact) mass is 457 g/mol. The van der Waals surface area contributed by atoms with Crippen molar-refractivity contribution in [1.82, 2.24) is 19.7 Å². The number of nitrogens with zero attached hydrogens (tertiary/aromatic N) is 4. The highest BCUT2D eigenvalue weighted by Gasteiger charge is 2.22. The molecule has 7 heteroatoms. The smallest absolute Gasteiger partial charge is 0.237 e. The second-order valence-corrected chi connectivity index (χ2v) is 9.26. The SMILES string of the molecule is Cc1cccc(C)c1NC(=O)C(C)Sc1nnc(-c2cccnc2)n1CCc1ccccc1. The van der Waals surface area contributed by atoms with Crippen LogP contribution in [0.4, 0.5) is 5.69 Å². The average Bonchev–Trinajstić information content (AvgIpc) is 3.23. The Bertz CT molecular complexity index is 1200. The average molecular weight is 458 g/mol. The van der Waals surface area contributed by atoms with Crippen molar-refractivity contribution >= 4 is 23.4 Å². The number of amides is 1. The molecule has 2 aromatic carbocycles. The minimum absolute atomic E-state index is 0.0575. The van der Waals surface area contributed by atoms with E-state index in [1.165, 1.54) is 17.3 Å². The molecule has 0 radical (unpaired) electrons. The molecule has 6 nitrogen and oxygen atoms in total. The lowest BCUT2D eigenvalue weighted by Crippen LogP contribution is -2.24. The van der Waals surface area contributed by atoms with Gasteiger partial charge in [-0.1, -0.05) is 60.3 Å². The number of benzene rings is 2. The molecule has 1 amide bonds. The van der Waals surface area contributed by atoms with Gasteiger partial charge in [0.25, 0.3) is 0 Å². The van der Waals surface area contributed by atoms with E-state index >= 15 is 0 Å². The summed E-state index contributed by atoms with van der Waals surface area (Å²) in [5.41, 5.74) is 5.10. The van der Waals surface area contributed by atoms with Crippen molar-refractivity contribution in [3.8, 4) is 11.4 Å². The maximum Gasteiger partial charge on any atom is 0.237 e. The second-order valence-electron chi connectivity index (χ2n) is 7.95. The van der Waals surface area contributed by atoms with Crippen molar-refractivity contribution in [2.24, 2.45) is 0 Å². The third-order valence-electron chi connectivity index (χ3n) is 5.48. The van der Waals surface area contributed by atoms with Gasteiger partial charge in [0.15, 0.2) is 11.0 Å². The van der Waals surface area contributed by atoms with Crippen molar-refractivity contribution in [1.29, 1.82) is 0 Å². The maximum absolute atomic E-state index is 13.0. The Morgan fingerprint density at radius 1 is 1.00 bits per heavy atom. The minimum atomic E-state index is -0.342. The number of anilines is 1. The number of thioether (sulfide) groups is 1. The van der Waals surface area contributed by atoms with E-state index in [0.717, 1.165) is 34.6 Å². The van der Waals surface area contributed by atoms with Crippen molar-refractivity contribution in [2.75, 3.05) is 5.32 Å². The van der Waals surface area contributed by atoms with E-state index in [4.69, 9.17) is 0 Å². The lowest BCUT2D eigenvalue weighted by Gasteiger charge is -2.16. The Balaban J connectivity index is 1.56. The van der Waals surface area contributed by atoms with Gasteiger partial charge >= 0.3 is 0 Å². The summed E-state index contributed by atoms with van der Waals surface area (Å²) in [6.45, 7) is 6.60. The Morgan fingerprint density at radius 2 is 1.76 bits per heavy atom. The number of nitrogens with one attached hydrogen (secondary N) is 1. The van der Waals surface area contributed by atoms with Crippen LogP contribution in [0, 0.1) is 13.8 Å². The molecule has 0 aliphatic carbocycles. The normalized spacial score (nSPS) is 11.8. The highest BCUT2D eigenvalue weighted by atomic mass is 32.2. The van der Waals surface area contributed by atoms with Crippen molar-refractivity contribution in [3.05, 3.63) is 89.7 Å². The summed E-state index contributed by atoms with van der Waals surface area (Å²) in [5.74, 6) is 0.696. The van der Waals surface area contributed by atoms with Crippen LogP contribution >= 0.6 is 11.8 Å². The lowest BCUT2D eigenvalue weighted by molar-refractivity contribution is -0.115. The first-order valence-corrected chi connectivity index (χ1v) is 11.8. The van der Waals surface area contributed by atoms with Gasteiger partial charge in [-0.25, -0.2) is 0 Å². The topological polar surface area (TPSA) is 72.7 Å². The molecule has 0 fully saturated rings. The fraction of sp³-hybridized carbons (Fsp3) is 0.231. The second kappa shape index (κ2) is 10.4. The molecular weight excluding hydrogens is 430 g/mol. The first-order chi connectivity index (χ1) is 16.0. The zero-order valence-corrected chi connectivity index (χ0v) is 19.8. The van der Waals surface area contributed by atoms with Crippen LogP contribution in [0.15, 0.2) is 78.2 Å². The molecule has 0 spiro atoms. The van der Waals surface area contributed by atoms with Crippen LogP contribution in [0.1, 0.15) is 23.6 Å². The summed E-state index contributed by atoms with van der Waals surface area (Å²) in [4.78, 5) is 17.2. The molecule has 0 aliphatic rings. The van der Waals surface area contributed by atoms with E-state index < -0.39 is 0 Å². The largest absolute Gasteiger partial charge is 0.325 e. The van der Waals surface area contributed by atoms with E-state index in [0.29, 0.717) is 11.7 Å². The molecule has 1 unspecified atom stereocenters. The van der Waals surface area contributed by atoms with Crippen molar-refractivity contribution in [3.63, 3.8) is 0 Å². The summed E-state index contributed by atoms with van der Waals surface area (Å²) in [5, 5.41) is 12.3. The zero-order valence-electron chi connectivity index (χ0n) is 19.0. The molecule has 2 aromatic heterocycles. The van der Waals surface area contributed by atoms with Crippen molar-refractivity contribution in [2.45, 2.75) is 44.1 Å². The van der Waals surface area contributed by atoms with Crippen LogP contribution in [0.5, 0.6) is 0 Å². The van der Waals surface area contributed by atoms with Gasteiger partial charge in [0, 0.05) is 30.2 Å². The number of aryl methyl sites for hydroxylation is 3. The molecule has 4 aromatic rings. The van der Waals surface area contributed by atoms with Gasteiger partial charge in [-0.05, 0) is 56.0 Å². The van der Waals surface area contributed by atoms with Gasteiger partial charge in [0.05, 0.1) is 5.25 Å². The maximum atomic E-state index is 13.0. The van der Waals surface area contributed by atoms with E-state index in [9.17, 15) is 4.79 Å². The molecule has 1 N–H and O–H groups in total. The highest BCUT2D eigenvalue weighted by Crippen LogP contribution is 2.28. The van der Waals surface area contributed by atoms with E-state index in [1.54, 1.807) is 12.4 Å². The van der Waals surface area contributed by atoms with Gasteiger partial charge in [-0.2, -0.15) is 0 Å². The standard InChI is InChI=1S/C26H27N5OS/c1-18-9-7-10-19(2)23(18)28-25(32)20(3)33-26-30-29-24(22-13-8-15-27-17-22)31(26)16-14-21-11-5-4-6-12-21/h4-13,15,17,20H,14,16H2,1-3H3,(H,28,32). The Kier molecular flexibility index (Phi) is 7.19. The number of pyridine rings is 1.